The van der Waals surface area contributed by atoms with Crippen LogP contribution in [0.4, 0.5) is 18.9 Å². The molecule has 0 saturated heterocycles. The summed E-state index contributed by atoms with van der Waals surface area (Å²) >= 11 is 0. The van der Waals surface area contributed by atoms with Crippen LogP contribution >= 0.6 is 10.7 Å². The Hall–Kier alpha value is -1.15. The molecule has 0 aliphatic carbocycles. The number of nitroso groups, excluding NO2 is 1. The number of hydrogen-bond acceptors (Lipinski definition) is 4. The van der Waals surface area contributed by atoms with E-state index in [9.17, 15) is 26.5 Å². The molecule has 0 atom stereocenters. The number of halogens is 4. The van der Waals surface area contributed by atoms with E-state index in [2.05, 4.69) is 5.18 Å². The molecule has 0 fully saturated rings. The summed E-state index contributed by atoms with van der Waals surface area (Å²) < 4.78 is 58.5. The van der Waals surface area contributed by atoms with Crippen LogP contribution in [0, 0.1) is 4.91 Å². The van der Waals surface area contributed by atoms with Gasteiger partial charge in [-0.05, 0) is 23.4 Å². The van der Waals surface area contributed by atoms with Gasteiger partial charge in [0, 0.05) is 10.7 Å². The lowest BCUT2D eigenvalue weighted by atomic mass is 10.2. The van der Waals surface area contributed by atoms with Gasteiger partial charge in [0.1, 0.15) is 5.69 Å². The van der Waals surface area contributed by atoms with Crippen molar-refractivity contribution in [2.45, 2.75) is 11.1 Å². The molecule has 16 heavy (non-hydrogen) atoms. The van der Waals surface area contributed by atoms with Gasteiger partial charge in [0.05, 0.1) is 10.5 Å². The van der Waals surface area contributed by atoms with Crippen molar-refractivity contribution in [3.63, 3.8) is 0 Å². The Balaban J connectivity index is 3.51. The minimum absolute atomic E-state index is 0.330. The van der Waals surface area contributed by atoms with Crippen LogP contribution < -0.4 is 0 Å². The lowest BCUT2D eigenvalue weighted by molar-refractivity contribution is -0.137. The molecule has 1 rings (SSSR count). The molecule has 0 aliphatic rings. The number of nitrogens with zero attached hydrogens (tertiary/aromatic N) is 1. The number of hydrogen-bond donors (Lipinski definition) is 0. The quantitative estimate of drug-likeness (QED) is 0.614. The molecule has 0 N–H and O–H groups in total. The Kier molecular flexibility index (Phi) is 3.25. The van der Waals surface area contributed by atoms with E-state index in [4.69, 9.17) is 10.7 Å². The first-order valence-electron chi connectivity index (χ1n) is 3.65. The smallest absolute Gasteiger partial charge is 0.207 e. The minimum Gasteiger partial charge on any atom is -0.207 e. The van der Waals surface area contributed by atoms with Crippen molar-refractivity contribution >= 4 is 25.4 Å². The summed E-state index contributed by atoms with van der Waals surface area (Å²) in [4.78, 5) is 9.29. The number of rotatable bonds is 2. The average molecular weight is 274 g/mol. The molecule has 88 valence electrons. The first-order valence-corrected chi connectivity index (χ1v) is 5.96. The van der Waals surface area contributed by atoms with Gasteiger partial charge >= 0.3 is 6.18 Å². The molecule has 0 amide bonds. The lowest BCUT2D eigenvalue weighted by Gasteiger charge is -2.07. The van der Waals surface area contributed by atoms with Crippen LogP contribution in [0.3, 0.4) is 0 Å². The van der Waals surface area contributed by atoms with Gasteiger partial charge in [-0.25, -0.2) is 8.42 Å². The second-order valence-corrected chi connectivity index (χ2v) is 5.31. The zero-order valence-corrected chi connectivity index (χ0v) is 8.90. The van der Waals surface area contributed by atoms with Crippen LogP contribution in [-0.2, 0) is 15.2 Å². The van der Waals surface area contributed by atoms with Crippen LogP contribution in [-0.4, -0.2) is 8.42 Å². The maximum atomic E-state index is 12.3. The van der Waals surface area contributed by atoms with Gasteiger partial charge in [-0.2, -0.15) is 13.2 Å². The van der Waals surface area contributed by atoms with Crippen molar-refractivity contribution in [1.82, 2.24) is 0 Å². The third kappa shape index (κ3) is 2.92. The van der Waals surface area contributed by atoms with Crippen molar-refractivity contribution in [2.24, 2.45) is 5.18 Å². The van der Waals surface area contributed by atoms with Crippen LogP contribution in [0.25, 0.3) is 0 Å². The van der Waals surface area contributed by atoms with Gasteiger partial charge in [0.15, 0.2) is 0 Å². The van der Waals surface area contributed by atoms with Crippen LogP contribution in [0.15, 0.2) is 28.3 Å². The molecule has 1 aromatic rings. The van der Waals surface area contributed by atoms with Crippen molar-refractivity contribution in [3.05, 3.63) is 28.7 Å². The van der Waals surface area contributed by atoms with Crippen molar-refractivity contribution in [2.75, 3.05) is 0 Å². The van der Waals surface area contributed by atoms with E-state index >= 15 is 0 Å². The van der Waals surface area contributed by atoms with Crippen LogP contribution in [0.1, 0.15) is 5.56 Å². The third-order valence-electron chi connectivity index (χ3n) is 1.61. The highest BCUT2D eigenvalue weighted by molar-refractivity contribution is 8.13. The van der Waals surface area contributed by atoms with Crippen molar-refractivity contribution < 1.29 is 21.6 Å². The third-order valence-corrected chi connectivity index (χ3v) is 2.94. The largest absolute Gasteiger partial charge is 0.416 e. The molecule has 0 radical (unpaired) electrons. The standard InChI is InChI=1S/C7H3ClF3NO3S/c8-16(14,15)6-2-4(7(9,10)11)1-5(3-6)12-13/h1-3H. The minimum atomic E-state index is -4.78. The fourth-order valence-corrected chi connectivity index (χ4v) is 1.74. The Morgan fingerprint density at radius 3 is 2.12 bits per heavy atom. The summed E-state index contributed by atoms with van der Waals surface area (Å²) in [6.07, 6.45) is -4.78. The summed E-state index contributed by atoms with van der Waals surface area (Å²) in [6.45, 7) is 0. The van der Waals surface area contributed by atoms with Crippen molar-refractivity contribution in [3.8, 4) is 0 Å². The van der Waals surface area contributed by atoms with Gasteiger partial charge in [0.25, 0.3) is 9.05 Å². The van der Waals surface area contributed by atoms with Gasteiger partial charge in [-0.3, -0.25) is 0 Å². The molecule has 0 aromatic heterocycles. The first kappa shape index (κ1) is 12.9. The predicted octanol–water partition coefficient (Wildman–Crippen LogP) is 3.03. The summed E-state index contributed by atoms with van der Waals surface area (Å²) in [5.41, 5.74) is -1.96. The fraction of sp³-hybridized carbons (Fsp3) is 0.143. The Bertz CT molecular complexity index is 526. The second-order valence-electron chi connectivity index (χ2n) is 2.74. The zero-order chi connectivity index (χ0) is 12.6. The Morgan fingerprint density at radius 1 is 1.19 bits per heavy atom. The monoisotopic (exact) mass is 273 g/mol. The van der Waals surface area contributed by atoms with Gasteiger partial charge in [0.2, 0.25) is 0 Å². The average Bonchev–Trinajstić information content (AvgIpc) is 2.14. The molecule has 0 aliphatic heterocycles. The van der Waals surface area contributed by atoms with E-state index in [0.717, 1.165) is 0 Å². The summed E-state index contributed by atoms with van der Waals surface area (Å²) in [5, 5.41) is 2.25. The maximum Gasteiger partial charge on any atom is 0.416 e. The topological polar surface area (TPSA) is 63.6 Å². The second kappa shape index (κ2) is 4.02. The van der Waals surface area contributed by atoms with E-state index in [1.165, 1.54) is 0 Å². The van der Waals surface area contributed by atoms with E-state index in [-0.39, 0.29) is 0 Å². The predicted molar refractivity (Wildman–Crippen MR) is 49.9 cm³/mol. The maximum absolute atomic E-state index is 12.3. The van der Waals surface area contributed by atoms with Crippen molar-refractivity contribution in [1.29, 1.82) is 0 Å². The molecule has 0 bridgehead atoms. The number of benzene rings is 1. The molecular weight excluding hydrogens is 271 g/mol. The molecule has 0 saturated carbocycles. The van der Waals surface area contributed by atoms with Crippen LogP contribution in [0.2, 0.25) is 0 Å². The highest BCUT2D eigenvalue weighted by Crippen LogP contribution is 2.34. The van der Waals surface area contributed by atoms with E-state index in [1.807, 2.05) is 0 Å². The van der Waals surface area contributed by atoms with Gasteiger partial charge < -0.3 is 0 Å². The van der Waals surface area contributed by atoms with E-state index < -0.39 is 31.4 Å². The highest BCUT2D eigenvalue weighted by atomic mass is 35.7. The molecule has 9 heteroatoms. The van der Waals surface area contributed by atoms with Crippen LogP contribution in [0.5, 0.6) is 0 Å². The fourth-order valence-electron chi connectivity index (χ4n) is 0.940. The lowest BCUT2D eigenvalue weighted by Crippen LogP contribution is -2.06. The Labute approximate surface area is 92.4 Å². The number of alkyl halides is 3. The zero-order valence-electron chi connectivity index (χ0n) is 7.32. The van der Waals surface area contributed by atoms with Gasteiger partial charge in [-0.15, -0.1) is 4.91 Å². The van der Waals surface area contributed by atoms with E-state index in [1.54, 1.807) is 0 Å². The van der Waals surface area contributed by atoms with E-state index in [0.29, 0.717) is 18.2 Å². The molecule has 0 heterocycles. The molecule has 1 aromatic carbocycles. The summed E-state index contributed by atoms with van der Waals surface area (Å²) in [6, 6.07) is 1.42. The SMILES string of the molecule is O=Nc1cc(C(F)(F)F)cc(S(=O)(=O)Cl)c1. The molecule has 4 nitrogen and oxygen atoms in total. The molecule has 0 unspecified atom stereocenters. The Morgan fingerprint density at radius 2 is 1.75 bits per heavy atom. The summed E-state index contributed by atoms with van der Waals surface area (Å²) in [5.74, 6) is 0. The van der Waals surface area contributed by atoms with Gasteiger partial charge in [-0.1, -0.05) is 0 Å². The first-order chi connectivity index (χ1) is 7.14. The summed E-state index contributed by atoms with van der Waals surface area (Å²) in [7, 11) is 0.526. The normalized spacial score (nSPS) is 12.5. The molecule has 0 spiro atoms. The highest BCUT2D eigenvalue weighted by Gasteiger charge is 2.32. The molecular formula is C7H3ClF3NO3S.